The maximum absolute atomic E-state index is 5.70. The molecule has 50 valence electrons. The topological polar surface area (TPSA) is 0 Å². The summed E-state index contributed by atoms with van der Waals surface area (Å²) in [6.07, 6.45) is 7.48. The molecule has 1 aliphatic carbocycles. The van der Waals surface area contributed by atoms with Crippen LogP contribution >= 0.6 is 0 Å². The summed E-state index contributed by atoms with van der Waals surface area (Å²) < 4.78 is 0. The van der Waals surface area contributed by atoms with Gasteiger partial charge in [0.2, 0.25) is 0 Å². The largest absolute Gasteiger partial charge is 0.0851 e. The van der Waals surface area contributed by atoms with Crippen LogP contribution < -0.4 is 0 Å². The molecular weight excluding hydrogens is 108 g/mol. The third kappa shape index (κ3) is 1.85. The van der Waals surface area contributed by atoms with Crippen LogP contribution in [-0.4, -0.2) is 0 Å². The minimum Gasteiger partial charge on any atom is -0.0851 e. The van der Waals surface area contributed by atoms with Crippen LogP contribution in [0.25, 0.3) is 0 Å². The van der Waals surface area contributed by atoms with Gasteiger partial charge in [0.15, 0.2) is 0 Å². The lowest BCUT2D eigenvalue weighted by Crippen LogP contribution is -1.98. The van der Waals surface area contributed by atoms with Crippen molar-refractivity contribution in [2.75, 3.05) is 0 Å². The van der Waals surface area contributed by atoms with Gasteiger partial charge in [-0.05, 0) is 38.5 Å². The van der Waals surface area contributed by atoms with Gasteiger partial charge in [-0.3, -0.25) is 0 Å². The first-order chi connectivity index (χ1) is 4.30. The van der Waals surface area contributed by atoms with Gasteiger partial charge in [0.1, 0.15) is 0 Å². The average Bonchev–Trinajstić information content (AvgIpc) is 1.90. The third-order valence-corrected chi connectivity index (χ3v) is 1.91. The van der Waals surface area contributed by atoms with Gasteiger partial charge in [0.05, 0.1) is 0 Å². The molecule has 1 atom stereocenters. The van der Waals surface area contributed by atoms with E-state index >= 15 is 0 Å². The Morgan fingerprint density at radius 1 is 1.56 bits per heavy atom. The predicted octanol–water partition coefficient (Wildman–Crippen LogP) is 2.83. The first-order valence-corrected chi connectivity index (χ1v) is 3.75. The molecule has 0 saturated heterocycles. The van der Waals surface area contributed by atoms with Crippen molar-refractivity contribution in [1.29, 1.82) is 0 Å². The lowest BCUT2D eigenvalue weighted by Gasteiger charge is -2.14. The number of hydrogen-bond acceptors (Lipinski definition) is 0. The maximum Gasteiger partial charge on any atom is -0.0197 e. The molecule has 0 nitrogen and oxygen atoms in total. The van der Waals surface area contributed by atoms with Crippen molar-refractivity contribution in [2.24, 2.45) is 5.92 Å². The fourth-order valence-corrected chi connectivity index (χ4v) is 1.28. The molecule has 0 saturated carbocycles. The second kappa shape index (κ2) is 3.05. The zero-order valence-corrected chi connectivity index (χ0v) is 6.06. The van der Waals surface area contributed by atoms with Crippen molar-refractivity contribution in [3.63, 3.8) is 0 Å². The van der Waals surface area contributed by atoms with E-state index in [1.807, 2.05) is 0 Å². The summed E-state index contributed by atoms with van der Waals surface area (Å²) in [6.45, 7) is 7.77. The highest BCUT2D eigenvalue weighted by Gasteiger charge is 2.05. The molecule has 0 aromatic heterocycles. The van der Waals surface area contributed by atoms with Crippen LogP contribution in [0.2, 0.25) is 0 Å². The van der Waals surface area contributed by atoms with Crippen LogP contribution in [0.1, 0.15) is 32.6 Å². The molecule has 0 N–H and O–H groups in total. The summed E-state index contributed by atoms with van der Waals surface area (Å²) in [6, 6.07) is 0. The molecule has 0 heterocycles. The Bertz CT molecular complexity index is 109. The van der Waals surface area contributed by atoms with Gasteiger partial charge in [-0.2, -0.15) is 0 Å². The van der Waals surface area contributed by atoms with Crippen molar-refractivity contribution < 1.29 is 0 Å². The Kier molecular flexibility index (Phi) is 2.32. The average molecular weight is 122 g/mol. The first-order valence-electron chi connectivity index (χ1n) is 3.75. The summed E-state index contributed by atoms with van der Waals surface area (Å²) in [5.41, 5.74) is 1.46. The van der Waals surface area contributed by atoms with Gasteiger partial charge in [-0.25, -0.2) is 0 Å². The Labute approximate surface area is 58.0 Å². The number of rotatable bonds is 1. The van der Waals surface area contributed by atoms with Crippen molar-refractivity contribution in [2.45, 2.75) is 32.6 Å². The normalized spacial score (nSPS) is 20.1. The molecule has 0 aliphatic heterocycles. The third-order valence-electron chi connectivity index (χ3n) is 1.91. The van der Waals surface area contributed by atoms with Gasteiger partial charge in [0, 0.05) is 0 Å². The lowest BCUT2D eigenvalue weighted by atomic mass is 9.92. The van der Waals surface area contributed by atoms with E-state index in [0.29, 0.717) is 5.92 Å². The number of hydrogen-bond donors (Lipinski definition) is 0. The van der Waals surface area contributed by atoms with E-state index in [1.54, 1.807) is 0 Å². The minimum absolute atomic E-state index is 0.297. The van der Waals surface area contributed by atoms with E-state index in [1.165, 1.54) is 31.3 Å². The van der Waals surface area contributed by atoms with E-state index in [0.717, 1.165) is 0 Å². The Morgan fingerprint density at radius 3 is 2.67 bits per heavy atom. The van der Waals surface area contributed by atoms with E-state index < -0.39 is 0 Å². The van der Waals surface area contributed by atoms with Crippen LogP contribution in [-0.2, 0) is 0 Å². The van der Waals surface area contributed by atoms with Crippen LogP contribution in [0.15, 0.2) is 11.6 Å². The van der Waals surface area contributed by atoms with Gasteiger partial charge < -0.3 is 0 Å². The Hall–Kier alpha value is -0.260. The van der Waals surface area contributed by atoms with Gasteiger partial charge in [-0.15, -0.1) is 0 Å². The highest BCUT2D eigenvalue weighted by atomic mass is 14.1. The molecule has 0 amide bonds. The van der Waals surface area contributed by atoms with E-state index in [4.69, 9.17) is 6.92 Å². The van der Waals surface area contributed by atoms with E-state index in [9.17, 15) is 0 Å². The molecule has 1 unspecified atom stereocenters. The molecule has 9 heavy (non-hydrogen) atoms. The van der Waals surface area contributed by atoms with Crippen LogP contribution in [0.4, 0.5) is 0 Å². The zero-order valence-electron chi connectivity index (χ0n) is 6.06. The second-order valence-electron chi connectivity index (χ2n) is 2.81. The summed E-state index contributed by atoms with van der Waals surface area (Å²) in [5.74, 6) is 0.297. The fourth-order valence-electron chi connectivity index (χ4n) is 1.28. The highest BCUT2D eigenvalue weighted by molar-refractivity contribution is 5.08. The molecule has 0 aromatic carbocycles. The summed E-state index contributed by atoms with van der Waals surface area (Å²) in [7, 11) is 0. The summed E-state index contributed by atoms with van der Waals surface area (Å²) in [5, 5.41) is 0. The SMILES string of the molecule is [CH]C(C)C1=CCCCC1. The molecule has 0 spiro atoms. The lowest BCUT2D eigenvalue weighted by molar-refractivity contribution is 0.645. The molecule has 0 bridgehead atoms. The smallest absolute Gasteiger partial charge is 0.0197 e. The van der Waals surface area contributed by atoms with Crippen LogP contribution in [0.3, 0.4) is 0 Å². The Balaban J connectivity index is 2.46. The molecule has 1 aliphatic rings. The Morgan fingerprint density at radius 2 is 2.33 bits per heavy atom. The van der Waals surface area contributed by atoms with Crippen molar-refractivity contribution >= 4 is 0 Å². The van der Waals surface area contributed by atoms with Crippen molar-refractivity contribution in [3.05, 3.63) is 18.6 Å². The fraction of sp³-hybridized carbons (Fsp3) is 0.667. The molecule has 1 rings (SSSR count). The molecule has 0 heteroatoms. The molecule has 0 aromatic rings. The zero-order chi connectivity index (χ0) is 6.69. The first kappa shape index (κ1) is 6.85. The van der Waals surface area contributed by atoms with Crippen molar-refractivity contribution in [3.8, 4) is 0 Å². The van der Waals surface area contributed by atoms with Gasteiger partial charge in [-0.1, -0.05) is 18.6 Å². The monoisotopic (exact) mass is 122 g/mol. The quantitative estimate of drug-likeness (QED) is 0.469. The van der Waals surface area contributed by atoms with Crippen LogP contribution in [0, 0.1) is 12.8 Å². The molecular formula is C9H14. The second-order valence-corrected chi connectivity index (χ2v) is 2.81. The molecule has 0 fully saturated rings. The standard InChI is InChI=1S/C9H14/c1-8(2)9-6-4-3-5-7-9/h1,6,8H,3-5,7H2,2H3. The maximum atomic E-state index is 5.70. The van der Waals surface area contributed by atoms with Crippen molar-refractivity contribution in [1.82, 2.24) is 0 Å². The van der Waals surface area contributed by atoms with Gasteiger partial charge >= 0.3 is 0 Å². The number of allylic oxidation sites excluding steroid dienone is 2. The van der Waals surface area contributed by atoms with Gasteiger partial charge in [0.25, 0.3) is 0 Å². The summed E-state index contributed by atoms with van der Waals surface area (Å²) >= 11 is 0. The minimum atomic E-state index is 0.297. The van der Waals surface area contributed by atoms with Crippen LogP contribution in [0.5, 0.6) is 0 Å². The summed E-state index contributed by atoms with van der Waals surface area (Å²) in [4.78, 5) is 0. The predicted molar refractivity (Wildman–Crippen MR) is 40.0 cm³/mol. The van der Waals surface area contributed by atoms with E-state index in [2.05, 4.69) is 13.0 Å². The van der Waals surface area contributed by atoms with E-state index in [-0.39, 0.29) is 0 Å². The highest BCUT2D eigenvalue weighted by Crippen LogP contribution is 2.22. The molecule has 2 radical (unpaired) electrons.